The molecule has 4 aromatic rings. The number of rotatable bonds is 4. The average Bonchev–Trinajstić information content (AvgIpc) is 3.02. The molecular weight excluding hydrogens is 397 g/mol. The summed E-state index contributed by atoms with van der Waals surface area (Å²) in [6, 6.07) is 16.3. The molecule has 0 saturated heterocycles. The molecule has 0 saturated carbocycles. The van der Waals surface area contributed by atoms with E-state index in [0.29, 0.717) is 26.5 Å². The minimum atomic E-state index is -0.342. The van der Waals surface area contributed by atoms with Crippen LogP contribution in [0.3, 0.4) is 0 Å². The number of ether oxygens (including phenoxy) is 1. The van der Waals surface area contributed by atoms with Crippen LogP contribution < -0.4 is 4.74 Å². The Kier molecular flexibility index (Phi) is 4.96. The fourth-order valence-corrected chi connectivity index (χ4v) is 4.73. The van der Waals surface area contributed by atoms with Crippen LogP contribution in [0.1, 0.15) is 15.2 Å². The van der Waals surface area contributed by atoms with E-state index in [1.807, 2.05) is 30.3 Å². The second-order valence-corrected chi connectivity index (χ2v) is 8.02. The highest BCUT2D eigenvalue weighted by Crippen LogP contribution is 2.36. The van der Waals surface area contributed by atoms with Gasteiger partial charge in [-0.2, -0.15) is 0 Å². The largest absolute Gasteiger partial charge is 0.497 e. The quantitative estimate of drug-likeness (QED) is 0.403. The number of hydrogen-bond donors (Lipinski definition) is 0. The van der Waals surface area contributed by atoms with Gasteiger partial charge in [-0.05, 0) is 52.7 Å². The Morgan fingerprint density at radius 2 is 1.86 bits per heavy atom. The Balaban J connectivity index is 1.59. The molecule has 3 nitrogen and oxygen atoms in total. The maximum atomic E-state index is 13.5. The first kappa shape index (κ1) is 18.7. The summed E-state index contributed by atoms with van der Waals surface area (Å²) in [5.74, 6) is 0.287. The molecule has 28 heavy (non-hydrogen) atoms. The van der Waals surface area contributed by atoms with E-state index in [1.54, 1.807) is 25.1 Å². The molecular formula is C22H17ClFNO2S. The molecule has 0 aliphatic heterocycles. The fourth-order valence-electron chi connectivity index (χ4n) is 3.19. The Hall–Kier alpha value is -2.63. The first-order valence-corrected chi connectivity index (χ1v) is 9.85. The molecule has 0 spiro atoms. The number of nitrogens with zero attached hydrogens (tertiary/aromatic N) is 1. The number of carbonyl (C=O) groups is 1. The number of carbonyl (C=O) groups excluding carboxylic acids is 1. The van der Waals surface area contributed by atoms with Crippen molar-refractivity contribution >= 4 is 49.7 Å². The van der Waals surface area contributed by atoms with E-state index in [4.69, 9.17) is 16.3 Å². The van der Waals surface area contributed by atoms with Gasteiger partial charge in [-0.3, -0.25) is 4.79 Å². The predicted octanol–water partition coefficient (Wildman–Crippen LogP) is 6.13. The van der Waals surface area contributed by atoms with Gasteiger partial charge in [0.05, 0.1) is 12.1 Å². The highest BCUT2D eigenvalue weighted by Gasteiger charge is 2.21. The van der Waals surface area contributed by atoms with E-state index in [0.717, 1.165) is 22.1 Å². The summed E-state index contributed by atoms with van der Waals surface area (Å²) in [6.07, 6.45) is 0. The summed E-state index contributed by atoms with van der Waals surface area (Å²) < 4.78 is 19.4. The molecule has 0 fully saturated rings. The zero-order chi connectivity index (χ0) is 19.8. The van der Waals surface area contributed by atoms with Gasteiger partial charge in [-0.1, -0.05) is 29.8 Å². The lowest BCUT2D eigenvalue weighted by Crippen LogP contribution is -2.25. The van der Waals surface area contributed by atoms with Crippen molar-refractivity contribution in [3.05, 3.63) is 75.9 Å². The van der Waals surface area contributed by atoms with Crippen molar-refractivity contribution in [3.63, 3.8) is 0 Å². The van der Waals surface area contributed by atoms with Crippen LogP contribution in [0.2, 0.25) is 5.02 Å². The zero-order valence-corrected chi connectivity index (χ0v) is 16.9. The van der Waals surface area contributed by atoms with Crippen LogP contribution in [0, 0.1) is 5.82 Å². The maximum Gasteiger partial charge on any atom is 0.265 e. The van der Waals surface area contributed by atoms with Gasteiger partial charge >= 0.3 is 0 Å². The van der Waals surface area contributed by atoms with Crippen molar-refractivity contribution < 1.29 is 13.9 Å². The van der Waals surface area contributed by atoms with E-state index in [-0.39, 0.29) is 11.7 Å². The van der Waals surface area contributed by atoms with Gasteiger partial charge in [0.2, 0.25) is 0 Å². The second kappa shape index (κ2) is 7.41. The van der Waals surface area contributed by atoms with E-state index in [1.165, 1.54) is 23.5 Å². The predicted molar refractivity (Wildman–Crippen MR) is 113 cm³/mol. The van der Waals surface area contributed by atoms with E-state index >= 15 is 0 Å². The van der Waals surface area contributed by atoms with Gasteiger partial charge in [0.15, 0.2) is 0 Å². The summed E-state index contributed by atoms with van der Waals surface area (Å²) in [6.45, 7) is 0.444. The molecule has 4 rings (SSSR count). The van der Waals surface area contributed by atoms with E-state index in [9.17, 15) is 9.18 Å². The molecule has 0 radical (unpaired) electrons. The van der Waals surface area contributed by atoms with Gasteiger partial charge in [0, 0.05) is 23.7 Å². The van der Waals surface area contributed by atoms with Crippen molar-refractivity contribution in [2.24, 2.45) is 0 Å². The summed E-state index contributed by atoms with van der Waals surface area (Å²) in [4.78, 5) is 15.0. The number of fused-ring (bicyclic) bond motifs is 2. The Labute approximate surface area is 170 Å². The monoisotopic (exact) mass is 413 g/mol. The minimum absolute atomic E-state index is 0.179. The van der Waals surface area contributed by atoms with Crippen LogP contribution in [0.4, 0.5) is 4.39 Å². The molecule has 142 valence electrons. The SMILES string of the molecule is COc1ccc2cc(CN(C)C(=O)c3sc4cc(F)ccc4c3Cl)ccc2c1. The molecule has 6 heteroatoms. The third-order valence-electron chi connectivity index (χ3n) is 4.66. The van der Waals surface area contributed by atoms with Crippen LogP contribution in [0.5, 0.6) is 5.75 Å². The van der Waals surface area contributed by atoms with Crippen molar-refractivity contribution in [3.8, 4) is 5.75 Å². The van der Waals surface area contributed by atoms with Gasteiger partial charge in [-0.25, -0.2) is 4.39 Å². The molecule has 0 aliphatic carbocycles. The normalized spacial score (nSPS) is 11.1. The molecule has 0 N–H and O–H groups in total. The fraction of sp³-hybridized carbons (Fsp3) is 0.136. The van der Waals surface area contributed by atoms with E-state index in [2.05, 4.69) is 6.07 Å². The molecule has 0 aliphatic rings. The van der Waals surface area contributed by atoms with Crippen molar-refractivity contribution in [1.29, 1.82) is 0 Å². The molecule has 1 aromatic heterocycles. The maximum absolute atomic E-state index is 13.5. The molecule has 1 heterocycles. The van der Waals surface area contributed by atoms with Crippen LogP contribution in [0.15, 0.2) is 54.6 Å². The van der Waals surface area contributed by atoms with Crippen LogP contribution in [-0.2, 0) is 6.54 Å². The van der Waals surface area contributed by atoms with Gasteiger partial charge in [0.25, 0.3) is 5.91 Å². The smallest absolute Gasteiger partial charge is 0.265 e. The molecule has 3 aromatic carbocycles. The topological polar surface area (TPSA) is 29.5 Å². The van der Waals surface area contributed by atoms with Gasteiger partial charge < -0.3 is 9.64 Å². The number of benzene rings is 3. The minimum Gasteiger partial charge on any atom is -0.497 e. The Bertz CT molecular complexity index is 1200. The standard InChI is InChI=1S/C22H17ClFNO2S/c1-25(12-13-3-4-15-10-17(27-2)7-5-14(15)9-13)22(26)21-20(23)18-8-6-16(24)11-19(18)28-21/h3-11H,12H2,1-2H3. The lowest BCUT2D eigenvalue weighted by Gasteiger charge is -2.17. The first-order chi connectivity index (χ1) is 13.5. The number of methoxy groups -OCH3 is 1. The lowest BCUT2D eigenvalue weighted by atomic mass is 10.1. The van der Waals surface area contributed by atoms with Crippen molar-refractivity contribution in [2.45, 2.75) is 6.54 Å². The molecule has 1 amide bonds. The van der Waals surface area contributed by atoms with E-state index < -0.39 is 0 Å². The summed E-state index contributed by atoms with van der Waals surface area (Å²) in [5.41, 5.74) is 1.01. The van der Waals surface area contributed by atoms with Crippen LogP contribution in [0.25, 0.3) is 20.9 Å². The molecule has 0 atom stereocenters. The highest BCUT2D eigenvalue weighted by atomic mass is 35.5. The van der Waals surface area contributed by atoms with Crippen LogP contribution in [-0.4, -0.2) is 25.0 Å². The number of halogens is 2. The number of amides is 1. The summed E-state index contributed by atoms with van der Waals surface area (Å²) in [7, 11) is 3.38. The van der Waals surface area contributed by atoms with Crippen LogP contribution >= 0.6 is 22.9 Å². The van der Waals surface area contributed by atoms with Crippen molar-refractivity contribution in [1.82, 2.24) is 4.90 Å². The molecule has 0 bridgehead atoms. The van der Waals surface area contributed by atoms with Gasteiger partial charge in [-0.15, -0.1) is 11.3 Å². The first-order valence-electron chi connectivity index (χ1n) is 8.66. The van der Waals surface area contributed by atoms with Gasteiger partial charge in [0.1, 0.15) is 16.4 Å². The third kappa shape index (κ3) is 3.43. The highest BCUT2D eigenvalue weighted by molar-refractivity contribution is 7.21. The Morgan fingerprint density at radius 1 is 1.11 bits per heavy atom. The average molecular weight is 414 g/mol. The number of thiophene rings is 1. The number of hydrogen-bond acceptors (Lipinski definition) is 3. The van der Waals surface area contributed by atoms with Crippen molar-refractivity contribution in [2.75, 3.05) is 14.2 Å². The summed E-state index contributed by atoms with van der Waals surface area (Å²) in [5, 5.41) is 3.23. The lowest BCUT2D eigenvalue weighted by molar-refractivity contribution is 0.0790. The molecule has 0 unspecified atom stereocenters. The summed E-state index contributed by atoms with van der Waals surface area (Å²) >= 11 is 7.60. The Morgan fingerprint density at radius 3 is 2.64 bits per heavy atom. The second-order valence-electron chi connectivity index (χ2n) is 6.59. The third-order valence-corrected chi connectivity index (χ3v) is 6.31. The zero-order valence-electron chi connectivity index (χ0n) is 15.3.